The summed E-state index contributed by atoms with van der Waals surface area (Å²) in [7, 11) is 0. The average Bonchev–Trinajstić information content (AvgIpc) is 2.62. The average molecular weight is 360 g/mol. The molecule has 2 amide bonds. The Hall–Kier alpha value is -2.93. The molecule has 2 aromatic carbocycles. The van der Waals surface area contributed by atoms with Crippen LogP contribution in [-0.2, 0) is 16.0 Å². The molecule has 1 aliphatic rings. The number of non-ortho nitro benzene ring substituents is 1. The predicted molar refractivity (Wildman–Crippen MR) is 93.9 cm³/mol. The molecule has 0 saturated carbocycles. The summed E-state index contributed by atoms with van der Waals surface area (Å²) >= 11 is 5.95. The van der Waals surface area contributed by atoms with Crippen LogP contribution in [0.15, 0.2) is 42.5 Å². The fourth-order valence-electron chi connectivity index (χ4n) is 2.77. The Morgan fingerprint density at radius 3 is 2.72 bits per heavy atom. The van der Waals surface area contributed by atoms with E-state index in [1.807, 2.05) is 12.1 Å². The van der Waals surface area contributed by atoms with Gasteiger partial charge in [0.1, 0.15) is 0 Å². The lowest BCUT2D eigenvalue weighted by Crippen LogP contribution is -2.42. The van der Waals surface area contributed by atoms with E-state index in [9.17, 15) is 19.7 Å². The highest BCUT2D eigenvalue weighted by molar-refractivity contribution is 6.45. The SMILES string of the molecule is O=C(Nc1cc([N+](=O)[O-])ccc1Cl)C(=O)N1CCCc2ccccc21. The number of nitrogens with one attached hydrogen (secondary N) is 1. The maximum absolute atomic E-state index is 12.5. The molecule has 0 atom stereocenters. The number of carbonyl (C=O) groups is 2. The zero-order valence-corrected chi connectivity index (χ0v) is 13.8. The topological polar surface area (TPSA) is 92.5 Å². The number of fused-ring (bicyclic) bond motifs is 1. The molecule has 128 valence electrons. The van der Waals surface area contributed by atoms with Gasteiger partial charge in [-0.25, -0.2) is 0 Å². The number of anilines is 2. The quantitative estimate of drug-likeness (QED) is 0.506. The van der Waals surface area contributed by atoms with Crippen LogP contribution in [0.4, 0.5) is 17.1 Å². The summed E-state index contributed by atoms with van der Waals surface area (Å²) in [5, 5.41) is 13.3. The van der Waals surface area contributed by atoms with E-state index in [-0.39, 0.29) is 16.4 Å². The number of nitrogens with zero attached hydrogens (tertiary/aromatic N) is 2. The van der Waals surface area contributed by atoms with Crippen molar-refractivity contribution in [2.45, 2.75) is 12.8 Å². The van der Waals surface area contributed by atoms with Crippen molar-refractivity contribution in [2.24, 2.45) is 0 Å². The molecule has 2 aromatic rings. The van der Waals surface area contributed by atoms with E-state index in [4.69, 9.17) is 11.6 Å². The normalized spacial score (nSPS) is 13.1. The van der Waals surface area contributed by atoms with Crippen molar-refractivity contribution in [3.05, 3.63) is 63.2 Å². The number of hydrogen-bond donors (Lipinski definition) is 1. The minimum atomic E-state index is -0.890. The molecule has 1 heterocycles. The van der Waals surface area contributed by atoms with E-state index in [0.717, 1.165) is 24.5 Å². The molecule has 7 nitrogen and oxygen atoms in total. The molecule has 1 N–H and O–H groups in total. The van der Waals surface area contributed by atoms with Crippen molar-refractivity contribution in [1.82, 2.24) is 0 Å². The smallest absolute Gasteiger partial charge is 0.316 e. The summed E-state index contributed by atoms with van der Waals surface area (Å²) in [5.74, 6) is -1.62. The number of para-hydroxylation sites is 1. The molecule has 0 bridgehead atoms. The van der Waals surface area contributed by atoms with Crippen molar-refractivity contribution < 1.29 is 14.5 Å². The van der Waals surface area contributed by atoms with Crippen LogP contribution in [0.3, 0.4) is 0 Å². The first-order valence-corrected chi connectivity index (χ1v) is 8.00. The first-order chi connectivity index (χ1) is 12.0. The first-order valence-electron chi connectivity index (χ1n) is 7.62. The minimum absolute atomic E-state index is 0.0273. The summed E-state index contributed by atoms with van der Waals surface area (Å²) in [6.45, 7) is 0.436. The van der Waals surface area contributed by atoms with Gasteiger partial charge in [-0.2, -0.15) is 0 Å². The molecule has 8 heteroatoms. The lowest BCUT2D eigenvalue weighted by atomic mass is 10.0. The Morgan fingerprint density at radius 1 is 1.20 bits per heavy atom. The lowest BCUT2D eigenvalue weighted by Gasteiger charge is -2.28. The summed E-state index contributed by atoms with van der Waals surface area (Å²) in [5.41, 5.74) is 1.51. The molecule has 0 saturated heterocycles. The first kappa shape index (κ1) is 16.9. The van der Waals surface area contributed by atoms with E-state index in [1.54, 1.807) is 12.1 Å². The fourth-order valence-corrected chi connectivity index (χ4v) is 2.93. The molecule has 0 aliphatic carbocycles. The van der Waals surface area contributed by atoms with Gasteiger partial charge >= 0.3 is 11.8 Å². The molecular weight excluding hydrogens is 346 g/mol. The third-order valence-corrected chi connectivity index (χ3v) is 4.29. The van der Waals surface area contributed by atoms with Gasteiger partial charge in [0, 0.05) is 24.4 Å². The minimum Gasteiger partial charge on any atom is -0.316 e. The van der Waals surface area contributed by atoms with Gasteiger partial charge in [-0.1, -0.05) is 29.8 Å². The summed E-state index contributed by atoms with van der Waals surface area (Å²) in [6.07, 6.45) is 1.60. The maximum Gasteiger partial charge on any atom is 0.316 e. The van der Waals surface area contributed by atoms with Crippen molar-refractivity contribution in [2.75, 3.05) is 16.8 Å². The second kappa shape index (κ2) is 6.90. The number of nitro benzene ring substituents is 1. The number of benzene rings is 2. The number of amides is 2. The number of nitro groups is 1. The van der Waals surface area contributed by atoms with E-state index >= 15 is 0 Å². The highest BCUT2D eigenvalue weighted by Crippen LogP contribution is 2.29. The molecule has 0 spiro atoms. The largest absolute Gasteiger partial charge is 0.316 e. The summed E-state index contributed by atoms with van der Waals surface area (Å²) in [4.78, 5) is 36.5. The van der Waals surface area contributed by atoms with Gasteiger partial charge in [0.25, 0.3) is 5.69 Å². The molecule has 1 aliphatic heterocycles. The van der Waals surface area contributed by atoms with Crippen LogP contribution in [0.5, 0.6) is 0 Å². The number of carbonyl (C=O) groups excluding carboxylic acids is 2. The fraction of sp³-hybridized carbons (Fsp3) is 0.176. The zero-order valence-electron chi connectivity index (χ0n) is 13.1. The Bertz CT molecular complexity index is 869. The van der Waals surface area contributed by atoms with Crippen LogP contribution < -0.4 is 10.2 Å². The van der Waals surface area contributed by atoms with Gasteiger partial charge in [-0.3, -0.25) is 19.7 Å². The van der Waals surface area contributed by atoms with Crippen molar-refractivity contribution in [3.63, 3.8) is 0 Å². The third kappa shape index (κ3) is 3.46. The number of hydrogen-bond acceptors (Lipinski definition) is 4. The maximum atomic E-state index is 12.5. The van der Waals surface area contributed by atoms with E-state index in [0.29, 0.717) is 12.2 Å². The summed E-state index contributed by atoms with van der Waals surface area (Å²) in [6, 6.07) is 11.0. The van der Waals surface area contributed by atoms with Crippen LogP contribution in [0.2, 0.25) is 5.02 Å². The van der Waals surface area contributed by atoms with Gasteiger partial charge in [-0.15, -0.1) is 0 Å². The Morgan fingerprint density at radius 2 is 1.96 bits per heavy atom. The monoisotopic (exact) mass is 359 g/mol. The van der Waals surface area contributed by atoms with Gasteiger partial charge in [0.2, 0.25) is 0 Å². The standard InChI is InChI=1S/C17H14ClN3O4/c18-13-8-7-12(21(24)25)10-14(13)19-16(22)17(23)20-9-3-5-11-4-1-2-6-15(11)20/h1-2,4,6-8,10H,3,5,9H2,(H,19,22). The Kier molecular flexibility index (Phi) is 4.67. The number of halogens is 1. The van der Waals surface area contributed by atoms with E-state index in [2.05, 4.69) is 5.32 Å². The second-order valence-electron chi connectivity index (χ2n) is 5.56. The molecule has 0 unspecified atom stereocenters. The van der Waals surface area contributed by atoms with Crippen LogP contribution in [-0.4, -0.2) is 23.3 Å². The van der Waals surface area contributed by atoms with Crippen LogP contribution in [0, 0.1) is 10.1 Å². The van der Waals surface area contributed by atoms with Crippen LogP contribution >= 0.6 is 11.6 Å². The molecule has 0 radical (unpaired) electrons. The predicted octanol–water partition coefficient (Wildman–Crippen LogP) is 3.17. The van der Waals surface area contributed by atoms with Crippen molar-refractivity contribution in [3.8, 4) is 0 Å². The molecule has 25 heavy (non-hydrogen) atoms. The Balaban J connectivity index is 1.82. The number of rotatable bonds is 2. The lowest BCUT2D eigenvalue weighted by molar-refractivity contribution is -0.384. The molecule has 0 fully saturated rings. The van der Waals surface area contributed by atoms with Crippen molar-refractivity contribution in [1.29, 1.82) is 0 Å². The van der Waals surface area contributed by atoms with Crippen molar-refractivity contribution >= 4 is 40.5 Å². The van der Waals surface area contributed by atoms with Gasteiger partial charge in [0.15, 0.2) is 0 Å². The highest BCUT2D eigenvalue weighted by Gasteiger charge is 2.28. The number of aryl methyl sites for hydroxylation is 1. The van der Waals surface area contributed by atoms with E-state index < -0.39 is 16.7 Å². The zero-order chi connectivity index (χ0) is 18.0. The molecular formula is C17H14ClN3O4. The van der Waals surface area contributed by atoms with Gasteiger partial charge in [0.05, 0.1) is 15.6 Å². The summed E-state index contributed by atoms with van der Waals surface area (Å²) < 4.78 is 0. The van der Waals surface area contributed by atoms with Crippen LogP contribution in [0.25, 0.3) is 0 Å². The molecule has 0 aromatic heterocycles. The third-order valence-electron chi connectivity index (χ3n) is 3.96. The molecule has 3 rings (SSSR count). The second-order valence-corrected chi connectivity index (χ2v) is 5.97. The van der Waals surface area contributed by atoms with Gasteiger partial charge < -0.3 is 10.2 Å². The highest BCUT2D eigenvalue weighted by atomic mass is 35.5. The van der Waals surface area contributed by atoms with Gasteiger partial charge in [-0.05, 0) is 30.5 Å². The van der Waals surface area contributed by atoms with E-state index in [1.165, 1.54) is 17.0 Å². The van der Waals surface area contributed by atoms with Crippen LogP contribution in [0.1, 0.15) is 12.0 Å². The Labute approximate surface area is 148 Å².